The van der Waals surface area contributed by atoms with Gasteiger partial charge in [-0.3, -0.25) is 9.48 Å². The minimum Gasteiger partial charge on any atom is -0.480 e. The average molecular weight is 225 g/mol. The van der Waals surface area contributed by atoms with E-state index in [4.69, 9.17) is 5.11 Å². The molecule has 1 rings (SSSR count). The zero-order valence-corrected chi connectivity index (χ0v) is 9.54. The van der Waals surface area contributed by atoms with Gasteiger partial charge in [0, 0.05) is 20.3 Å². The Morgan fingerprint density at radius 1 is 1.62 bits per heavy atom. The molecule has 1 aromatic rings. The first-order chi connectivity index (χ1) is 7.47. The van der Waals surface area contributed by atoms with Gasteiger partial charge in [-0.25, -0.2) is 4.79 Å². The number of aromatic nitrogens is 2. The molecule has 0 spiro atoms. The molecule has 6 nitrogen and oxygen atoms in total. The van der Waals surface area contributed by atoms with Crippen LogP contribution in [0.3, 0.4) is 0 Å². The average Bonchev–Trinajstić information content (AvgIpc) is 2.64. The Morgan fingerprint density at radius 2 is 2.25 bits per heavy atom. The summed E-state index contributed by atoms with van der Waals surface area (Å²) in [4.78, 5) is 24.0. The Balaban J connectivity index is 2.85. The molecule has 1 N–H and O–H groups in total. The quantitative estimate of drug-likeness (QED) is 0.802. The number of carbonyl (C=O) groups excluding carboxylic acids is 1. The highest BCUT2D eigenvalue weighted by atomic mass is 16.4. The summed E-state index contributed by atoms with van der Waals surface area (Å²) in [5.41, 5.74) is 0.393. The third-order valence-electron chi connectivity index (χ3n) is 2.41. The molecule has 0 bridgehead atoms. The smallest absolute Gasteiger partial charge is 0.326 e. The lowest BCUT2D eigenvalue weighted by Gasteiger charge is -2.22. The van der Waals surface area contributed by atoms with Crippen LogP contribution in [0.25, 0.3) is 0 Å². The van der Waals surface area contributed by atoms with Crippen LogP contribution in [0, 0.1) is 0 Å². The van der Waals surface area contributed by atoms with Gasteiger partial charge in [-0.05, 0) is 6.42 Å². The lowest BCUT2D eigenvalue weighted by atomic mass is 10.2. The lowest BCUT2D eigenvalue weighted by molar-refractivity contribution is -0.142. The summed E-state index contributed by atoms with van der Waals surface area (Å²) in [5.74, 6) is -1.33. The standard InChI is InChI=1S/C10H15N3O3/c1-4-8(10(15)16)13(3)9(14)7-5-11-12(2)6-7/h5-6,8H,4H2,1-3H3,(H,15,16). The van der Waals surface area contributed by atoms with Gasteiger partial charge in [0.2, 0.25) is 0 Å². The molecule has 6 heteroatoms. The van der Waals surface area contributed by atoms with E-state index < -0.39 is 12.0 Å². The minimum absolute atomic E-state index is 0.331. The maximum Gasteiger partial charge on any atom is 0.326 e. The summed E-state index contributed by atoms with van der Waals surface area (Å²) in [7, 11) is 3.18. The Bertz CT molecular complexity index is 400. The molecule has 1 atom stereocenters. The summed E-state index contributed by atoms with van der Waals surface area (Å²) in [6.45, 7) is 1.73. The van der Waals surface area contributed by atoms with Crippen molar-refractivity contribution in [1.29, 1.82) is 0 Å². The zero-order chi connectivity index (χ0) is 12.3. The molecular formula is C10H15N3O3. The van der Waals surface area contributed by atoms with Crippen molar-refractivity contribution in [2.24, 2.45) is 7.05 Å². The van der Waals surface area contributed by atoms with Gasteiger partial charge in [0.25, 0.3) is 5.91 Å². The molecule has 88 valence electrons. The molecule has 1 heterocycles. The number of amides is 1. The van der Waals surface area contributed by atoms with Crippen LogP contribution >= 0.6 is 0 Å². The number of hydrogen-bond acceptors (Lipinski definition) is 3. The second kappa shape index (κ2) is 4.78. The molecule has 1 unspecified atom stereocenters. The molecular weight excluding hydrogens is 210 g/mol. The highest BCUT2D eigenvalue weighted by Crippen LogP contribution is 2.08. The van der Waals surface area contributed by atoms with E-state index in [0.717, 1.165) is 0 Å². The number of nitrogens with zero attached hydrogens (tertiary/aromatic N) is 3. The third-order valence-corrected chi connectivity index (χ3v) is 2.41. The van der Waals surface area contributed by atoms with Crippen molar-refractivity contribution in [3.8, 4) is 0 Å². The van der Waals surface area contributed by atoms with E-state index in [-0.39, 0.29) is 5.91 Å². The molecule has 0 aromatic carbocycles. The Kier molecular flexibility index (Phi) is 3.65. The van der Waals surface area contributed by atoms with Crippen molar-refractivity contribution in [2.75, 3.05) is 7.05 Å². The van der Waals surface area contributed by atoms with E-state index in [1.807, 2.05) is 0 Å². The highest BCUT2D eigenvalue weighted by molar-refractivity contribution is 5.96. The molecule has 0 aliphatic heterocycles. The van der Waals surface area contributed by atoms with Crippen LogP contribution in [0.4, 0.5) is 0 Å². The van der Waals surface area contributed by atoms with Gasteiger partial charge in [-0.2, -0.15) is 5.10 Å². The monoisotopic (exact) mass is 225 g/mol. The molecule has 0 aliphatic rings. The number of hydrogen-bond donors (Lipinski definition) is 1. The van der Waals surface area contributed by atoms with Crippen LogP contribution in [-0.2, 0) is 11.8 Å². The first-order valence-corrected chi connectivity index (χ1v) is 4.96. The zero-order valence-electron chi connectivity index (χ0n) is 9.54. The van der Waals surface area contributed by atoms with E-state index in [1.165, 1.54) is 22.8 Å². The number of likely N-dealkylation sites (N-methyl/N-ethyl adjacent to an activating group) is 1. The highest BCUT2D eigenvalue weighted by Gasteiger charge is 2.25. The van der Waals surface area contributed by atoms with Gasteiger partial charge in [-0.1, -0.05) is 6.92 Å². The van der Waals surface area contributed by atoms with Crippen LogP contribution in [0.1, 0.15) is 23.7 Å². The van der Waals surface area contributed by atoms with Gasteiger partial charge in [-0.15, -0.1) is 0 Å². The number of rotatable bonds is 4. The molecule has 1 aromatic heterocycles. The van der Waals surface area contributed by atoms with Gasteiger partial charge in [0.1, 0.15) is 6.04 Å². The normalized spacial score (nSPS) is 12.2. The van der Waals surface area contributed by atoms with Crippen LogP contribution in [0.15, 0.2) is 12.4 Å². The van der Waals surface area contributed by atoms with Gasteiger partial charge < -0.3 is 10.0 Å². The molecule has 0 radical (unpaired) electrons. The molecule has 0 aliphatic carbocycles. The van der Waals surface area contributed by atoms with E-state index in [0.29, 0.717) is 12.0 Å². The van der Waals surface area contributed by atoms with Crippen molar-refractivity contribution in [3.05, 3.63) is 18.0 Å². The Morgan fingerprint density at radius 3 is 2.62 bits per heavy atom. The van der Waals surface area contributed by atoms with Crippen molar-refractivity contribution >= 4 is 11.9 Å². The lowest BCUT2D eigenvalue weighted by Crippen LogP contribution is -2.41. The second-order valence-electron chi connectivity index (χ2n) is 3.58. The van der Waals surface area contributed by atoms with Crippen LogP contribution in [-0.4, -0.2) is 44.8 Å². The van der Waals surface area contributed by atoms with Gasteiger partial charge in [0.15, 0.2) is 0 Å². The number of carboxylic acids is 1. The summed E-state index contributed by atoms with van der Waals surface area (Å²) in [6.07, 6.45) is 3.36. The SMILES string of the molecule is CCC(C(=O)O)N(C)C(=O)c1cnn(C)c1. The molecule has 0 fully saturated rings. The second-order valence-corrected chi connectivity index (χ2v) is 3.58. The molecule has 0 saturated heterocycles. The fourth-order valence-corrected chi connectivity index (χ4v) is 1.49. The largest absolute Gasteiger partial charge is 0.480 e. The first-order valence-electron chi connectivity index (χ1n) is 4.96. The topological polar surface area (TPSA) is 75.4 Å². The van der Waals surface area contributed by atoms with E-state index in [9.17, 15) is 9.59 Å². The number of aliphatic carboxylic acids is 1. The Hall–Kier alpha value is -1.85. The van der Waals surface area contributed by atoms with Gasteiger partial charge in [0.05, 0.1) is 11.8 Å². The van der Waals surface area contributed by atoms with Crippen molar-refractivity contribution in [1.82, 2.24) is 14.7 Å². The fraction of sp³-hybridized carbons (Fsp3) is 0.500. The Labute approximate surface area is 93.5 Å². The fourth-order valence-electron chi connectivity index (χ4n) is 1.49. The summed E-state index contributed by atoms with van der Waals surface area (Å²) >= 11 is 0. The molecule has 1 amide bonds. The number of carboxylic acid groups (broad SMARTS) is 1. The van der Waals surface area contributed by atoms with Gasteiger partial charge >= 0.3 is 5.97 Å². The van der Waals surface area contributed by atoms with Crippen LogP contribution in [0.5, 0.6) is 0 Å². The maximum atomic E-state index is 11.9. The van der Waals surface area contributed by atoms with Crippen molar-refractivity contribution < 1.29 is 14.7 Å². The predicted molar refractivity (Wildman–Crippen MR) is 57.0 cm³/mol. The molecule has 0 saturated carbocycles. The van der Waals surface area contributed by atoms with Crippen molar-refractivity contribution in [2.45, 2.75) is 19.4 Å². The van der Waals surface area contributed by atoms with E-state index in [1.54, 1.807) is 20.2 Å². The number of aryl methyl sites for hydroxylation is 1. The summed E-state index contributed by atoms with van der Waals surface area (Å²) < 4.78 is 1.50. The predicted octanol–water partition coefficient (Wildman–Crippen LogP) is 0.355. The van der Waals surface area contributed by atoms with E-state index >= 15 is 0 Å². The van der Waals surface area contributed by atoms with Crippen LogP contribution < -0.4 is 0 Å². The summed E-state index contributed by atoms with van der Waals surface area (Å²) in [6, 6.07) is -0.798. The van der Waals surface area contributed by atoms with E-state index in [2.05, 4.69) is 5.10 Å². The van der Waals surface area contributed by atoms with Crippen molar-refractivity contribution in [3.63, 3.8) is 0 Å². The molecule has 16 heavy (non-hydrogen) atoms. The van der Waals surface area contributed by atoms with Crippen LogP contribution in [0.2, 0.25) is 0 Å². The first kappa shape index (κ1) is 12.2. The number of carbonyl (C=O) groups is 2. The minimum atomic E-state index is -0.998. The maximum absolute atomic E-state index is 11.9. The third kappa shape index (κ3) is 2.39. The summed E-state index contributed by atoms with van der Waals surface area (Å²) in [5, 5.41) is 12.8.